The van der Waals surface area contributed by atoms with Crippen LogP contribution in [0.15, 0.2) is 71.7 Å². The second-order valence-electron chi connectivity index (χ2n) is 19.8. The van der Waals surface area contributed by atoms with E-state index in [9.17, 15) is 33.9 Å². The Morgan fingerprint density at radius 1 is 0.789 bits per heavy atom. The maximum Gasteiger partial charge on any atom is 0.245 e. The Morgan fingerprint density at radius 3 is 2.06 bits per heavy atom. The molecule has 1 saturated heterocycles. The smallest absolute Gasteiger partial charge is 0.245 e. The number of aromatic hydroxyl groups is 1. The van der Waals surface area contributed by atoms with Crippen LogP contribution in [0.25, 0.3) is 0 Å². The molecule has 0 radical (unpaired) electrons. The Bertz CT molecular complexity index is 2290. The summed E-state index contributed by atoms with van der Waals surface area (Å²) in [6.45, 7) is 10.4. The molecule has 386 valence electrons. The number of nitrogens with zero attached hydrogens (tertiary/aromatic N) is 3. The van der Waals surface area contributed by atoms with E-state index in [4.69, 9.17) is 22.9 Å². The summed E-state index contributed by atoms with van der Waals surface area (Å²) in [6, 6.07) is 16.1. The van der Waals surface area contributed by atoms with Crippen molar-refractivity contribution in [2.75, 3.05) is 32.7 Å². The summed E-state index contributed by atoms with van der Waals surface area (Å²) in [5, 5.41) is 21.4. The van der Waals surface area contributed by atoms with Crippen molar-refractivity contribution in [3.05, 3.63) is 100 Å². The Labute approximate surface area is 418 Å². The lowest BCUT2D eigenvalue weighted by atomic mass is 9.90. The second kappa shape index (κ2) is 27.2. The topological polar surface area (TPSA) is 294 Å². The lowest BCUT2D eigenvalue weighted by Gasteiger charge is -2.32. The fourth-order valence-electron chi connectivity index (χ4n) is 9.59. The minimum absolute atomic E-state index is 0.0292. The summed E-state index contributed by atoms with van der Waals surface area (Å²) in [6.07, 6.45) is 5.08. The Morgan fingerprint density at radius 2 is 1.41 bits per heavy atom. The fourth-order valence-corrected chi connectivity index (χ4v) is 9.59. The first kappa shape index (κ1) is 55.4. The molecule has 13 N–H and O–H groups in total. The molecule has 0 aliphatic carbocycles. The van der Waals surface area contributed by atoms with Gasteiger partial charge >= 0.3 is 0 Å². The van der Waals surface area contributed by atoms with Crippen molar-refractivity contribution >= 4 is 41.4 Å². The van der Waals surface area contributed by atoms with E-state index < -0.39 is 65.7 Å². The van der Waals surface area contributed by atoms with Crippen LogP contribution < -0.4 is 44.2 Å². The molecule has 2 aliphatic heterocycles. The first-order valence-electron chi connectivity index (χ1n) is 25.1. The third-order valence-corrected chi connectivity index (χ3v) is 13.5. The van der Waals surface area contributed by atoms with Crippen LogP contribution in [0.4, 0.5) is 0 Å². The molecule has 3 aromatic rings. The van der Waals surface area contributed by atoms with Gasteiger partial charge < -0.3 is 59.1 Å². The van der Waals surface area contributed by atoms with Crippen molar-refractivity contribution in [3.63, 3.8) is 0 Å². The highest BCUT2D eigenvalue weighted by atomic mass is 16.3. The van der Waals surface area contributed by atoms with Crippen LogP contribution in [0.2, 0.25) is 0 Å². The number of likely N-dealkylation sites (tertiary alicyclic amines) is 1. The summed E-state index contributed by atoms with van der Waals surface area (Å²) in [4.78, 5) is 90.2. The van der Waals surface area contributed by atoms with E-state index in [0.717, 1.165) is 66.7 Å². The highest BCUT2D eigenvalue weighted by molar-refractivity contribution is 5.94. The molecule has 0 aromatic heterocycles. The zero-order chi connectivity index (χ0) is 51.6. The Balaban J connectivity index is 1.25. The quantitative estimate of drug-likeness (QED) is 0.0337. The van der Waals surface area contributed by atoms with Crippen molar-refractivity contribution in [1.82, 2.24) is 31.1 Å². The number of aryl methyl sites for hydroxylation is 2. The van der Waals surface area contributed by atoms with Crippen LogP contribution in [0.5, 0.6) is 5.75 Å². The number of carbonyl (C=O) groups excluding carboxylic acids is 6. The standard InChI is InChI=1S/C53H77N11O7/c1-33(2)26-45(48(55)67)61-50(69)43(17-11-22-63-23-18-37(19-24-63)29-36-12-6-5-7-13-36)59-47(66)20-25-64-32-39-15-9-8-14-38(39)30-46(52(64)71)62-51(70)44(16-10-21-58-53(56)57)60-49(68)42(54)31-41-34(3)27-40(65)28-35(41)4/h5-9,12-15,27-28,33,37,42-46,65H,10-11,16-26,29-32,54H2,1-4H3,(H2,55,67)(H,59,66)(H,60,68)(H,61,69)(H,62,70)(H4,56,57,58)/t42-,43-,44+,45-,46-/m0/s1. The van der Waals surface area contributed by atoms with E-state index in [0.29, 0.717) is 31.6 Å². The van der Waals surface area contributed by atoms with Gasteiger partial charge in [0, 0.05) is 32.5 Å². The van der Waals surface area contributed by atoms with E-state index in [1.165, 1.54) is 10.5 Å². The van der Waals surface area contributed by atoms with Gasteiger partial charge in [-0.15, -0.1) is 0 Å². The summed E-state index contributed by atoms with van der Waals surface area (Å²) in [7, 11) is 0. The van der Waals surface area contributed by atoms with E-state index in [2.05, 4.69) is 55.4 Å². The molecule has 0 bridgehead atoms. The molecule has 1 fully saturated rings. The molecular weight excluding hydrogens is 903 g/mol. The average molecular weight is 980 g/mol. The molecular formula is C53H77N11O7. The monoisotopic (exact) mass is 980 g/mol. The van der Waals surface area contributed by atoms with Crippen molar-refractivity contribution in [2.45, 2.75) is 135 Å². The van der Waals surface area contributed by atoms with Gasteiger partial charge in [0.1, 0.15) is 29.9 Å². The van der Waals surface area contributed by atoms with E-state index in [1.54, 1.807) is 12.1 Å². The largest absolute Gasteiger partial charge is 0.508 e. The zero-order valence-corrected chi connectivity index (χ0v) is 42.0. The highest BCUT2D eigenvalue weighted by Crippen LogP contribution is 2.24. The molecule has 18 nitrogen and oxygen atoms in total. The number of guanidine groups is 1. The lowest BCUT2D eigenvalue weighted by Crippen LogP contribution is -2.56. The Kier molecular flexibility index (Phi) is 21.2. The lowest BCUT2D eigenvalue weighted by molar-refractivity contribution is -0.138. The van der Waals surface area contributed by atoms with Gasteiger partial charge in [0.25, 0.3) is 0 Å². The summed E-state index contributed by atoms with van der Waals surface area (Å²) in [5.41, 5.74) is 28.5. The first-order valence-corrected chi connectivity index (χ1v) is 25.1. The van der Waals surface area contributed by atoms with Gasteiger partial charge in [-0.1, -0.05) is 68.4 Å². The van der Waals surface area contributed by atoms with Crippen molar-refractivity contribution in [2.24, 2.45) is 39.8 Å². The normalized spacial score (nSPS) is 17.0. The van der Waals surface area contributed by atoms with Crippen LogP contribution in [-0.2, 0) is 54.6 Å². The van der Waals surface area contributed by atoms with E-state index >= 15 is 0 Å². The van der Waals surface area contributed by atoms with Gasteiger partial charge in [-0.25, -0.2) is 0 Å². The average Bonchev–Trinajstić information content (AvgIpc) is 3.45. The number of fused-ring (bicyclic) bond motifs is 1. The molecule has 5 rings (SSSR count). The number of primary amides is 1. The summed E-state index contributed by atoms with van der Waals surface area (Å²) >= 11 is 0. The zero-order valence-electron chi connectivity index (χ0n) is 42.0. The van der Waals surface area contributed by atoms with Crippen LogP contribution in [0, 0.1) is 25.7 Å². The van der Waals surface area contributed by atoms with Crippen LogP contribution in [0.1, 0.15) is 98.6 Å². The number of hydrogen-bond donors (Lipinski definition) is 9. The molecule has 0 saturated carbocycles. The summed E-state index contributed by atoms with van der Waals surface area (Å²) < 4.78 is 0. The van der Waals surface area contributed by atoms with Gasteiger partial charge in [0.05, 0.1) is 6.04 Å². The third kappa shape index (κ3) is 17.7. The molecule has 0 spiro atoms. The number of nitrogens with two attached hydrogens (primary N) is 4. The van der Waals surface area contributed by atoms with E-state index in [1.807, 2.05) is 58.0 Å². The predicted molar refractivity (Wildman–Crippen MR) is 274 cm³/mol. The van der Waals surface area contributed by atoms with Crippen LogP contribution in [-0.4, -0.2) is 119 Å². The highest BCUT2D eigenvalue weighted by Gasteiger charge is 2.34. The van der Waals surface area contributed by atoms with Crippen LogP contribution >= 0.6 is 0 Å². The van der Waals surface area contributed by atoms with Crippen molar-refractivity contribution < 1.29 is 33.9 Å². The molecule has 0 unspecified atom stereocenters. The predicted octanol–water partition coefficient (Wildman–Crippen LogP) is 2.11. The fraction of sp³-hybridized carbons (Fsp3) is 0.528. The maximum atomic E-state index is 14.4. The maximum absolute atomic E-state index is 14.4. The molecule has 6 amide bonds. The van der Waals surface area contributed by atoms with Gasteiger partial charge in [-0.3, -0.25) is 33.8 Å². The van der Waals surface area contributed by atoms with Crippen molar-refractivity contribution in [3.8, 4) is 5.75 Å². The van der Waals surface area contributed by atoms with Gasteiger partial charge in [-0.05, 0) is 149 Å². The number of aliphatic imine (C=N–C) groups is 1. The molecule has 3 aromatic carbocycles. The summed E-state index contributed by atoms with van der Waals surface area (Å²) in [5.74, 6) is -2.58. The minimum Gasteiger partial charge on any atom is -0.508 e. The number of amides is 6. The van der Waals surface area contributed by atoms with Gasteiger partial charge in [0.2, 0.25) is 35.4 Å². The molecule has 2 aliphatic rings. The number of carbonyl (C=O) groups is 6. The molecule has 2 heterocycles. The molecule has 18 heteroatoms. The number of rotatable bonds is 25. The number of benzene rings is 3. The number of hydrogen-bond acceptors (Lipinski definition) is 10. The SMILES string of the molecule is Cc1cc(O)cc(C)c1C[C@H](N)C(=O)N[C@H](CCCN=C(N)N)C(=O)N[C@H]1Cc2ccccc2CN(CCC(=O)N[C@@H](CCCN2CCC(Cc3ccccc3)CC2)C(=O)N[C@@H](CC(C)C)C(N)=O)C1=O. The number of nitrogens with one attached hydrogen (secondary N) is 4. The molecule has 71 heavy (non-hydrogen) atoms. The van der Waals surface area contributed by atoms with E-state index in [-0.39, 0.29) is 62.9 Å². The number of piperidine rings is 1. The molecule has 5 atom stereocenters. The number of phenolic OH excluding ortho intramolecular Hbond substituents is 1. The van der Waals surface area contributed by atoms with Crippen LogP contribution in [0.3, 0.4) is 0 Å². The first-order chi connectivity index (χ1) is 33.9. The third-order valence-electron chi connectivity index (χ3n) is 13.5. The van der Waals surface area contributed by atoms with Crippen molar-refractivity contribution in [1.29, 1.82) is 0 Å². The minimum atomic E-state index is -1.11. The second-order valence-corrected chi connectivity index (χ2v) is 19.8. The van der Waals surface area contributed by atoms with Gasteiger partial charge in [0.15, 0.2) is 5.96 Å². The van der Waals surface area contributed by atoms with Gasteiger partial charge in [-0.2, -0.15) is 0 Å². The number of phenols is 1. The Hall–Kier alpha value is -6.53.